The van der Waals surface area contributed by atoms with Crippen molar-refractivity contribution >= 4 is 70.1 Å². The highest BCUT2D eigenvalue weighted by Gasteiger charge is 2.37. The summed E-state index contributed by atoms with van der Waals surface area (Å²) in [6, 6.07) is 13.7. The van der Waals surface area contributed by atoms with Crippen LogP contribution in [0.5, 0.6) is 5.75 Å². The number of aryl methyl sites for hydroxylation is 1. The summed E-state index contributed by atoms with van der Waals surface area (Å²) in [6.45, 7) is 1.49. The van der Waals surface area contributed by atoms with Crippen molar-refractivity contribution in [3.05, 3.63) is 97.5 Å². The minimum atomic E-state index is -1.06. The zero-order valence-corrected chi connectivity index (χ0v) is 21.6. The first kappa shape index (κ1) is 27.3. The normalized spacial score (nSPS) is 14.3. The molecule has 1 saturated heterocycles. The van der Waals surface area contributed by atoms with E-state index in [0.29, 0.717) is 10.6 Å². The van der Waals surface area contributed by atoms with Crippen molar-refractivity contribution in [2.24, 2.45) is 0 Å². The standard InChI is InChI=1S/C26H18Cl2N4O7/c1-14-4-2-5-16(8-14)29-22(33)13-39-23-20(27)10-15(11-21(23)28)9-19-24(34)30-26(36)31(25(19)35)17-6-3-7-18(12-17)32(37)38/h2-12H,13H2,1H3,(H,29,33)(H,30,34,36)/b19-9-. The molecular weight excluding hydrogens is 551 g/mol. The molecule has 0 bridgehead atoms. The van der Waals surface area contributed by atoms with Gasteiger partial charge in [0.25, 0.3) is 23.4 Å². The number of amides is 5. The molecule has 39 heavy (non-hydrogen) atoms. The third-order valence-electron chi connectivity index (χ3n) is 5.38. The fourth-order valence-electron chi connectivity index (χ4n) is 3.66. The Balaban J connectivity index is 1.54. The first-order valence-electron chi connectivity index (χ1n) is 11.2. The third kappa shape index (κ3) is 6.22. The van der Waals surface area contributed by atoms with Crippen molar-refractivity contribution in [1.29, 1.82) is 0 Å². The number of non-ortho nitro benzene ring substituents is 1. The van der Waals surface area contributed by atoms with E-state index in [-0.39, 0.29) is 32.7 Å². The fourth-order valence-corrected chi connectivity index (χ4v) is 4.28. The number of ether oxygens (including phenoxy) is 1. The molecule has 1 aliphatic heterocycles. The number of hydrogen-bond donors (Lipinski definition) is 2. The molecule has 0 aliphatic carbocycles. The number of barbiturate groups is 1. The summed E-state index contributed by atoms with van der Waals surface area (Å²) in [7, 11) is 0. The Morgan fingerprint density at radius 2 is 1.77 bits per heavy atom. The lowest BCUT2D eigenvalue weighted by atomic mass is 10.1. The Hall–Kier alpha value is -4.74. The largest absolute Gasteiger partial charge is 0.481 e. The number of benzene rings is 3. The Bertz CT molecular complexity index is 1550. The van der Waals surface area contributed by atoms with Crippen molar-refractivity contribution in [2.75, 3.05) is 16.8 Å². The Morgan fingerprint density at radius 3 is 2.44 bits per heavy atom. The van der Waals surface area contributed by atoms with E-state index in [0.717, 1.165) is 17.7 Å². The number of nitro groups is 1. The molecule has 3 aromatic rings. The molecule has 0 atom stereocenters. The van der Waals surface area contributed by atoms with Crippen LogP contribution in [0.4, 0.5) is 21.9 Å². The van der Waals surface area contributed by atoms with Gasteiger partial charge >= 0.3 is 6.03 Å². The molecule has 3 aromatic carbocycles. The summed E-state index contributed by atoms with van der Waals surface area (Å²) in [5.41, 5.74) is 0.877. The average molecular weight is 569 g/mol. The fraction of sp³-hybridized carbons (Fsp3) is 0.0769. The molecular formula is C26H18Cl2N4O7. The molecule has 1 aliphatic rings. The number of urea groups is 1. The van der Waals surface area contributed by atoms with Gasteiger partial charge in [-0.1, -0.05) is 41.4 Å². The second-order valence-electron chi connectivity index (χ2n) is 8.25. The Labute approximate surface area is 231 Å². The van der Waals surface area contributed by atoms with Crippen LogP contribution >= 0.6 is 23.2 Å². The van der Waals surface area contributed by atoms with E-state index >= 15 is 0 Å². The van der Waals surface area contributed by atoms with Crippen LogP contribution in [0.25, 0.3) is 6.08 Å². The molecule has 0 unspecified atom stereocenters. The summed E-state index contributed by atoms with van der Waals surface area (Å²) in [5, 5.41) is 15.8. The minimum absolute atomic E-state index is 0.00649. The quantitative estimate of drug-likeness (QED) is 0.178. The van der Waals surface area contributed by atoms with Crippen LogP contribution in [-0.4, -0.2) is 35.3 Å². The first-order valence-corrected chi connectivity index (χ1v) is 11.9. The van der Waals surface area contributed by atoms with Crippen molar-refractivity contribution in [3.63, 3.8) is 0 Å². The summed E-state index contributed by atoms with van der Waals surface area (Å²) in [5.74, 6) is -2.43. The lowest BCUT2D eigenvalue weighted by Gasteiger charge is -2.26. The van der Waals surface area contributed by atoms with Crippen LogP contribution in [0.1, 0.15) is 11.1 Å². The van der Waals surface area contributed by atoms with Gasteiger partial charge in [0.2, 0.25) is 0 Å². The van der Waals surface area contributed by atoms with E-state index in [9.17, 15) is 29.3 Å². The molecule has 1 heterocycles. The Morgan fingerprint density at radius 1 is 1.08 bits per heavy atom. The number of halogens is 2. The SMILES string of the molecule is Cc1cccc(NC(=O)COc2c(Cl)cc(/C=C3/C(=O)NC(=O)N(c4cccc([N+](=O)[O-])c4)C3=O)cc2Cl)c1. The topological polar surface area (TPSA) is 148 Å². The number of anilines is 2. The van der Waals surface area contributed by atoms with Crippen LogP contribution in [0, 0.1) is 17.0 Å². The van der Waals surface area contributed by atoms with Gasteiger partial charge in [0.1, 0.15) is 5.57 Å². The lowest BCUT2D eigenvalue weighted by molar-refractivity contribution is -0.384. The molecule has 0 radical (unpaired) electrons. The predicted octanol–water partition coefficient (Wildman–Crippen LogP) is 4.89. The van der Waals surface area contributed by atoms with E-state index in [1.807, 2.05) is 18.3 Å². The van der Waals surface area contributed by atoms with Crippen LogP contribution in [0.3, 0.4) is 0 Å². The maximum atomic E-state index is 13.1. The van der Waals surface area contributed by atoms with E-state index in [4.69, 9.17) is 27.9 Å². The minimum Gasteiger partial charge on any atom is -0.481 e. The highest BCUT2D eigenvalue weighted by atomic mass is 35.5. The monoisotopic (exact) mass is 568 g/mol. The maximum absolute atomic E-state index is 13.1. The first-order chi connectivity index (χ1) is 18.5. The number of nitrogens with one attached hydrogen (secondary N) is 2. The average Bonchev–Trinajstić information content (AvgIpc) is 2.86. The van der Waals surface area contributed by atoms with Gasteiger partial charge in [0, 0.05) is 17.8 Å². The van der Waals surface area contributed by atoms with E-state index in [1.165, 1.54) is 30.3 Å². The molecule has 13 heteroatoms. The summed E-state index contributed by atoms with van der Waals surface area (Å²) in [4.78, 5) is 61.2. The van der Waals surface area contributed by atoms with Crippen molar-refractivity contribution in [2.45, 2.75) is 6.92 Å². The van der Waals surface area contributed by atoms with Crippen molar-refractivity contribution < 1.29 is 28.8 Å². The number of hydrogen-bond acceptors (Lipinski definition) is 7. The van der Waals surface area contributed by atoms with Crippen LogP contribution in [0.2, 0.25) is 10.0 Å². The number of rotatable bonds is 7. The van der Waals surface area contributed by atoms with Gasteiger partial charge in [-0.25, -0.2) is 9.69 Å². The zero-order valence-electron chi connectivity index (χ0n) is 20.1. The molecule has 198 valence electrons. The molecule has 0 spiro atoms. The van der Waals surface area contributed by atoms with Crippen molar-refractivity contribution in [1.82, 2.24) is 5.32 Å². The predicted molar refractivity (Wildman–Crippen MR) is 144 cm³/mol. The molecule has 1 fully saturated rings. The molecule has 2 N–H and O–H groups in total. The molecule has 11 nitrogen and oxygen atoms in total. The van der Waals surface area contributed by atoms with Gasteiger partial charge in [-0.15, -0.1) is 0 Å². The third-order valence-corrected chi connectivity index (χ3v) is 5.94. The number of carbonyl (C=O) groups is 4. The number of carbonyl (C=O) groups excluding carboxylic acids is 4. The van der Waals surface area contributed by atoms with E-state index in [1.54, 1.807) is 18.2 Å². The van der Waals surface area contributed by atoms with E-state index < -0.39 is 40.9 Å². The highest BCUT2D eigenvalue weighted by Crippen LogP contribution is 2.35. The smallest absolute Gasteiger partial charge is 0.335 e. The van der Waals surface area contributed by atoms with Crippen LogP contribution in [-0.2, 0) is 14.4 Å². The summed E-state index contributed by atoms with van der Waals surface area (Å²) < 4.78 is 5.49. The summed E-state index contributed by atoms with van der Waals surface area (Å²) >= 11 is 12.6. The zero-order chi connectivity index (χ0) is 28.3. The van der Waals surface area contributed by atoms with E-state index in [2.05, 4.69) is 5.32 Å². The van der Waals surface area contributed by atoms with Crippen LogP contribution in [0.15, 0.2) is 66.2 Å². The molecule has 5 amide bonds. The lowest BCUT2D eigenvalue weighted by Crippen LogP contribution is -2.54. The van der Waals surface area contributed by atoms with Gasteiger partial charge in [-0.05, 0) is 54.5 Å². The summed E-state index contributed by atoms with van der Waals surface area (Å²) in [6.07, 6.45) is 1.15. The van der Waals surface area contributed by atoms with Gasteiger partial charge in [0.15, 0.2) is 12.4 Å². The number of imide groups is 2. The Kier molecular flexibility index (Phi) is 7.93. The second-order valence-corrected chi connectivity index (χ2v) is 9.07. The number of nitrogens with zero attached hydrogens (tertiary/aromatic N) is 2. The van der Waals surface area contributed by atoms with Gasteiger partial charge in [-0.3, -0.25) is 29.8 Å². The highest BCUT2D eigenvalue weighted by molar-refractivity contribution is 6.40. The van der Waals surface area contributed by atoms with Crippen molar-refractivity contribution in [3.8, 4) is 5.75 Å². The number of nitro benzene ring substituents is 1. The maximum Gasteiger partial charge on any atom is 0.335 e. The molecule has 4 rings (SSSR count). The van der Waals surface area contributed by atoms with Gasteiger partial charge in [0.05, 0.1) is 20.7 Å². The van der Waals surface area contributed by atoms with Gasteiger partial charge in [-0.2, -0.15) is 0 Å². The molecule has 0 saturated carbocycles. The van der Waals surface area contributed by atoms with Gasteiger partial charge < -0.3 is 10.1 Å². The van der Waals surface area contributed by atoms with Crippen LogP contribution < -0.4 is 20.3 Å². The second kappa shape index (κ2) is 11.3. The molecule has 0 aromatic heterocycles.